The summed E-state index contributed by atoms with van der Waals surface area (Å²) in [6, 6.07) is 1.83. The van der Waals surface area contributed by atoms with Crippen LogP contribution in [0.2, 0.25) is 0 Å². The molecule has 0 radical (unpaired) electrons. The van der Waals surface area contributed by atoms with Crippen molar-refractivity contribution in [3.05, 3.63) is 34.8 Å². The highest BCUT2D eigenvalue weighted by Gasteiger charge is 2.33. The minimum absolute atomic E-state index is 0.0162. The summed E-state index contributed by atoms with van der Waals surface area (Å²) in [5, 5.41) is 15.3. The number of aromatic amines is 1. The largest absolute Gasteiger partial charge is 0.331 e. The Labute approximate surface area is 138 Å². The molecule has 1 N–H and O–H groups in total. The fourth-order valence-corrected chi connectivity index (χ4v) is 3.57. The molecule has 4 heterocycles. The van der Waals surface area contributed by atoms with E-state index in [0.717, 1.165) is 36.3 Å². The average molecular weight is 325 g/mol. The Hall–Kier alpha value is -2.77. The number of amides is 1. The molecule has 3 aromatic rings. The summed E-state index contributed by atoms with van der Waals surface area (Å²) in [6.07, 6.45) is 3.55. The zero-order chi connectivity index (χ0) is 16.8. The van der Waals surface area contributed by atoms with Gasteiger partial charge in [-0.25, -0.2) is 9.67 Å². The molecule has 1 saturated heterocycles. The molecule has 1 aliphatic heterocycles. The maximum Gasteiger partial charge on any atom is 0.256 e. The lowest BCUT2D eigenvalue weighted by Gasteiger charge is -2.25. The van der Waals surface area contributed by atoms with Crippen LogP contribution >= 0.6 is 0 Å². The van der Waals surface area contributed by atoms with Crippen LogP contribution in [0.3, 0.4) is 0 Å². The lowest BCUT2D eigenvalue weighted by Crippen LogP contribution is -2.31. The third-order valence-electron chi connectivity index (χ3n) is 4.72. The molecule has 0 saturated carbocycles. The van der Waals surface area contributed by atoms with E-state index in [1.54, 1.807) is 24.0 Å². The second-order valence-corrected chi connectivity index (χ2v) is 6.28. The van der Waals surface area contributed by atoms with E-state index in [2.05, 4.69) is 25.5 Å². The number of rotatable bonds is 2. The zero-order valence-corrected chi connectivity index (χ0v) is 13.9. The first-order chi connectivity index (χ1) is 11.6. The third kappa shape index (κ3) is 2.17. The molecular weight excluding hydrogens is 306 g/mol. The normalized spacial score (nSPS) is 17.8. The van der Waals surface area contributed by atoms with Gasteiger partial charge in [0.05, 0.1) is 17.3 Å². The monoisotopic (exact) mass is 325 g/mol. The van der Waals surface area contributed by atoms with Gasteiger partial charge in [-0.2, -0.15) is 5.10 Å². The molecule has 0 spiro atoms. The lowest BCUT2D eigenvalue weighted by molar-refractivity contribution is 0.0735. The number of carbonyl (C=O) groups is 1. The molecule has 124 valence electrons. The topological polar surface area (TPSA) is 92.6 Å². The number of nitrogens with one attached hydrogen (secondary N) is 1. The predicted molar refractivity (Wildman–Crippen MR) is 87.4 cm³/mol. The molecule has 1 unspecified atom stereocenters. The first-order valence-corrected chi connectivity index (χ1v) is 8.04. The Kier molecular flexibility index (Phi) is 3.33. The Morgan fingerprint density at radius 3 is 2.96 bits per heavy atom. The number of fused-ring (bicyclic) bond motifs is 1. The second-order valence-electron chi connectivity index (χ2n) is 6.28. The Morgan fingerprint density at radius 2 is 2.21 bits per heavy atom. The van der Waals surface area contributed by atoms with E-state index >= 15 is 0 Å². The molecule has 8 heteroatoms. The van der Waals surface area contributed by atoms with Crippen molar-refractivity contribution in [2.24, 2.45) is 7.05 Å². The molecule has 0 aliphatic carbocycles. The molecule has 4 rings (SSSR count). The summed E-state index contributed by atoms with van der Waals surface area (Å²) in [5.74, 6) is -0.0162. The van der Waals surface area contributed by atoms with Crippen LogP contribution in [0.25, 0.3) is 11.2 Å². The number of hydrogen-bond donors (Lipinski definition) is 1. The van der Waals surface area contributed by atoms with Crippen molar-refractivity contribution >= 4 is 17.1 Å². The van der Waals surface area contributed by atoms with Crippen molar-refractivity contribution in [3.63, 3.8) is 0 Å². The minimum Gasteiger partial charge on any atom is -0.331 e. The first kappa shape index (κ1) is 14.8. The molecule has 1 aliphatic rings. The standard InChI is InChI=1S/C16H19N7O/c1-9-14(10(2)19-18-9)13-5-4-6-23(13)16(24)11-7-12-15(17-8-11)22(3)21-20-12/h7-8,13H,4-6H2,1-3H3,(H,18,19). The van der Waals surface area contributed by atoms with E-state index < -0.39 is 0 Å². The van der Waals surface area contributed by atoms with Crippen LogP contribution in [0.4, 0.5) is 0 Å². The summed E-state index contributed by atoms with van der Waals surface area (Å²) in [5.41, 5.74) is 4.98. The maximum absolute atomic E-state index is 13.0. The van der Waals surface area contributed by atoms with Crippen LogP contribution in [-0.4, -0.2) is 47.5 Å². The average Bonchev–Trinajstić information content (AvgIpc) is 3.27. The third-order valence-corrected chi connectivity index (χ3v) is 4.72. The Bertz CT molecular complexity index is 906. The van der Waals surface area contributed by atoms with Gasteiger partial charge in [0.2, 0.25) is 0 Å². The highest BCUT2D eigenvalue weighted by Crippen LogP contribution is 2.35. The molecule has 1 atom stereocenters. The van der Waals surface area contributed by atoms with Crippen molar-refractivity contribution in [3.8, 4) is 0 Å². The number of aryl methyl sites for hydroxylation is 3. The molecule has 0 aromatic carbocycles. The van der Waals surface area contributed by atoms with Crippen LogP contribution in [-0.2, 0) is 7.05 Å². The van der Waals surface area contributed by atoms with Crippen molar-refractivity contribution in [1.29, 1.82) is 0 Å². The van der Waals surface area contributed by atoms with Crippen LogP contribution in [0, 0.1) is 13.8 Å². The maximum atomic E-state index is 13.0. The van der Waals surface area contributed by atoms with Crippen molar-refractivity contribution < 1.29 is 4.79 Å². The van der Waals surface area contributed by atoms with E-state index in [0.29, 0.717) is 16.7 Å². The lowest BCUT2D eigenvalue weighted by atomic mass is 10.0. The van der Waals surface area contributed by atoms with Gasteiger partial charge in [0.25, 0.3) is 5.91 Å². The van der Waals surface area contributed by atoms with E-state index in [9.17, 15) is 4.79 Å². The Balaban J connectivity index is 1.69. The first-order valence-electron chi connectivity index (χ1n) is 8.04. The van der Waals surface area contributed by atoms with Crippen molar-refractivity contribution in [2.75, 3.05) is 6.54 Å². The van der Waals surface area contributed by atoms with Gasteiger partial charge in [0, 0.05) is 31.0 Å². The molecule has 1 amide bonds. The highest BCUT2D eigenvalue weighted by atomic mass is 16.2. The molecule has 24 heavy (non-hydrogen) atoms. The van der Waals surface area contributed by atoms with Gasteiger partial charge < -0.3 is 4.90 Å². The number of hydrogen-bond acceptors (Lipinski definition) is 5. The van der Waals surface area contributed by atoms with Crippen LogP contribution < -0.4 is 0 Å². The predicted octanol–water partition coefficient (Wildman–Crippen LogP) is 1.68. The fraction of sp³-hybridized carbons (Fsp3) is 0.438. The number of H-pyrrole nitrogens is 1. The van der Waals surface area contributed by atoms with Crippen molar-refractivity contribution in [1.82, 2.24) is 35.1 Å². The molecule has 0 bridgehead atoms. The van der Waals surface area contributed by atoms with Gasteiger partial charge >= 0.3 is 0 Å². The highest BCUT2D eigenvalue weighted by molar-refractivity contribution is 5.96. The zero-order valence-electron chi connectivity index (χ0n) is 13.9. The van der Waals surface area contributed by atoms with E-state index in [4.69, 9.17) is 0 Å². The van der Waals surface area contributed by atoms with Crippen LogP contribution in [0.1, 0.15) is 46.2 Å². The van der Waals surface area contributed by atoms with E-state index in [1.807, 2.05) is 18.7 Å². The van der Waals surface area contributed by atoms with Gasteiger partial charge in [0.15, 0.2) is 5.65 Å². The van der Waals surface area contributed by atoms with E-state index in [-0.39, 0.29) is 11.9 Å². The van der Waals surface area contributed by atoms with Gasteiger partial charge in [-0.1, -0.05) is 5.21 Å². The molecule has 1 fully saturated rings. The number of carbonyl (C=O) groups excluding carboxylic acids is 1. The van der Waals surface area contributed by atoms with Gasteiger partial charge in [-0.05, 0) is 32.8 Å². The Morgan fingerprint density at radius 1 is 1.38 bits per heavy atom. The number of aromatic nitrogens is 6. The molecule has 3 aromatic heterocycles. The molecule has 8 nitrogen and oxygen atoms in total. The number of likely N-dealkylation sites (tertiary alicyclic amines) is 1. The summed E-state index contributed by atoms with van der Waals surface area (Å²) in [7, 11) is 1.78. The second kappa shape index (κ2) is 5.40. The summed E-state index contributed by atoms with van der Waals surface area (Å²) in [6.45, 7) is 4.72. The minimum atomic E-state index is -0.0162. The van der Waals surface area contributed by atoms with Gasteiger partial charge in [-0.3, -0.25) is 9.89 Å². The SMILES string of the molecule is Cc1n[nH]c(C)c1C1CCCN1C(=O)c1cnc2c(c1)nnn2C. The summed E-state index contributed by atoms with van der Waals surface area (Å²) in [4.78, 5) is 19.3. The fourth-order valence-electron chi connectivity index (χ4n) is 3.57. The number of nitrogens with zero attached hydrogens (tertiary/aromatic N) is 6. The number of pyridine rings is 1. The van der Waals surface area contributed by atoms with Crippen LogP contribution in [0.5, 0.6) is 0 Å². The van der Waals surface area contributed by atoms with Crippen molar-refractivity contribution in [2.45, 2.75) is 32.7 Å². The quantitative estimate of drug-likeness (QED) is 0.774. The van der Waals surface area contributed by atoms with E-state index in [1.165, 1.54) is 0 Å². The smallest absolute Gasteiger partial charge is 0.256 e. The van der Waals surface area contributed by atoms with Gasteiger partial charge in [0.1, 0.15) is 5.52 Å². The summed E-state index contributed by atoms with van der Waals surface area (Å²) < 4.78 is 1.60. The molecular formula is C16H19N7O. The summed E-state index contributed by atoms with van der Waals surface area (Å²) >= 11 is 0. The van der Waals surface area contributed by atoms with Crippen LogP contribution in [0.15, 0.2) is 12.3 Å². The van der Waals surface area contributed by atoms with Gasteiger partial charge in [-0.15, -0.1) is 5.10 Å².